The highest BCUT2D eigenvalue weighted by Gasteiger charge is 2.20. The summed E-state index contributed by atoms with van der Waals surface area (Å²) in [7, 11) is 0. The van der Waals surface area contributed by atoms with Gasteiger partial charge in [0.05, 0.1) is 5.92 Å². The topological polar surface area (TPSA) is 56.5 Å². The molecule has 0 N–H and O–H groups in total. The Balaban J connectivity index is 1.87. The summed E-state index contributed by atoms with van der Waals surface area (Å²) in [5, 5.41) is 0.799. The van der Waals surface area contributed by atoms with Gasteiger partial charge in [0, 0.05) is 17.0 Å². The number of rotatable bonds is 5. The maximum absolute atomic E-state index is 12.6. The molecule has 1 heterocycles. The van der Waals surface area contributed by atoms with E-state index in [0.717, 1.165) is 22.1 Å². The van der Waals surface area contributed by atoms with Crippen LogP contribution in [-0.2, 0) is 16.1 Å². The molecule has 0 aliphatic heterocycles. The molecular formula is C22H22O4. The van der Waals surface area contributed by atoms with Crippen LogP contribution in [0.1, 0.15) is 41.5 Å². The molecule has 0 fully saturated rings. The number of benzene rings is 2. The lowest BCUT2D eigenvalue weighted by Gasteiger charge is -2.15. The van der Waals surface area contributed by atoms with Gasteiger partial charge >= 0.3 is 11.6 Å². The lowest BCUT2D eigenvalue weighted by molar-refractivity contribution is -0.146. The minimum atomic E-state index is -0.438. The number of carbonyl (C=O) groups is 1. The van der Waals surface area contributed by atoms with Gasteiger partial charge in [-0.2, -0.15) is 0 Å². The second-order valence-electron chi connectivity index (χ2n) is 6.45. The van der Waals surface area contributed by atoms with Crippen molar-refractivity contribution in [3.8, 4) is 0 Å². The third-order valence-electron chi connectivity index (χ3n) is 4.78. The summed E-state index contributed by atoms with van der Waals surface area (Å²) in [5.41, 5.74) is 3.68. The monoisotopic (exact) mass is 350 g/mol. The molecule has 0 saturated carbocycles. The molecule has 134 valence electrons. The summed E-state index contributed by atoms with van der Waals surface area (Å²) in [4.78, 5) is 24.5. The fraction of sp³-hybridized carbons (Fsp3) is 0.273. The van der Waals surface area contributed by atoms with Gasteiger partial charge in [0.15, 0.2) is 0 Å². The van der Waals surface area contributed by atoms with Crippen LogP contribution < -0.4 is 5.63 Å². The normalized spacial score (nSPS) is 12.1. The molecule has 3 rings (SSSR count). The highest BCUT2D eigenvalue weighted by Crippen LogP contribution is 2.25. The van der Waals surface area contributed by atoms with Gasteiger partial charge in [0.1, 0.15) is 12.2 Å². The Morgan fingerprint density at radius 2 is 1.85 bits per heavy atom. The molecular weight excluding hydrogens is 328 g/mol. The van der Waals surface area contributed by atoms with E-state index in [1.165, 1.54) is 6.07 Å². The van der Waals surface area contributed by atoms with Crippen LogP contribution in [0.25, 0.3) is 11.0 Å². The van der Waals surface area contributed by atoms with Crippen LogP contribution in [-0.4, -0.2) is 5.97 Å². The predicted octanol–water partition coefficient (Wildman–Crippen LogP) is 4.65. The summed E-state index contributed by atoms with van der Waals surface area (Å²) < 4.78 is 10.9. The zero-order valence-corrected chi connectivity index (χ0v) is 15.2. The number of hydrogen-bond donors (Lipinski definition) is 0. The van der Waals surface area contributed by atoms with Crippen molar-refractivity contribution in [3.05, 3.63) is 81.2 Å². The summed E-state index contributed by atoms with van der Waals surface area (Å²) in [5.74, 6) is -0.601. The van der Waals surface area contributed by atoms with Crippen molar-refractivity contribution in [2.45, 2.75) is 39.7 Å². The van der Waals surface area contributed by atoms with Crippen LogP contribution in [0.2, 0.25) is 0 Å². The molecule has 0 aliphatic carbocycles. The molecule has 0 aliphatic rings. The van der Waals surface area contributed by atoms with Gasteiger partial charge in [-0.3, -0.25) is 4.79 Å². The summed E-state index contributed by atoms with van der Waals surface area (Å²) in [6.45, 7) is 5.89. The molecule has 0 radical (unpaired) electrons. The number of carbonyl (C=O) groups excluding carboxylic acids is 1. The van der Waals surface area contributed by atoms with Gasteiger partial charge < -0.3 is 9.15 Å². The first kappa shape index (κ1) is 17.9. The van der Waals surface area contributed by atoms with Crippen LogP contribution in [0.3, 0.4) is 0 Å². The van der Waals surface area contributed by atoms with Crippen molar-refractivity contribution in [2.24, 2.45) is 0 Å². The second kappa shape index (κ2) is 7.56. The highest BCUT2D eigenvalue weighted by molar-refractivity contribution is 5.84. The first-order valence-electron chi connectivity index (χ1n) is 8.75. The Morgan fingerprint density at radius 3 is 2.54 bits per heavy atom. The van der Waals surface area contributed by atoms with E-state index < -0.39 is 5.63 Å². The number of aryl methyl sites for hydroxylation is 2. The Labute approximate surface area is 152 Å². The molecule has 0 saturated heterocycles. The lowest BCUT2D eigenvalue weighted by Crippen LogP contribution is -2.16. The van der Waals surface area contributed by atoms with Crippen molar-refractivity contribution >= 4 is 16.9 Å². The molecule has 1 aromatic heterocycles. The number of esters is 1. The first-order chi connectivity index (χ1) is 12.5. The third kappa shape index (κ3) is 3.54. The predicted molar refractivity (Wildman–Crippen MR) is 101 cm³/mol. The molecule has 2 aromatic carbocycles. The zero-order chi connectivity index (χ0) is 18.7. The lowest BCUT2D eigenvalue weighted by atomic mass is 9.97. The van der Waals surface area contributed by atoms with E-state index in [1.54, 1.807) is 0 Å². The van der Waals surface area contributed by atoms with E-state index in [4.69, 9.17) is 9.15 Å². The smallest absolute Gasteiger partial charge is 0.336 e. The molecule has 4 heteroatoms. The fourth-order valence-electron chi connectivity index (χ4n) is 3.12. The minimum Gasteiger partial charge on any atom is -0.460 e. The Bertz CT molecular complexity index is 986. The van der Waals surface area contributed by atoms with E-state index in [9.17, 15) is 9.59 Å². The molecule has 4 nitrogen and oxygen atoms in total. The SMILES string of the molecule is CC[C@@H](C(=O)OCc1cc(=O)oc2c(C)c(C)ccc12)c1ccccc1. The van der Waals surface area contributed by atoms with Crippen LogP contribution >= 0.6 is 0 Å². The van der Waals surface area contributed by atoms with E-state index in [-0.39, 0.29) is 18.5 Å². The van der Waals surface area contributed by atoms with Crippen molar-refractivity contribution < 1.29 is 13.9 Å². The Hall–Kier alpha value is -2.88. The number of ether oxygens (including phenoxy) is 1. The van der Waals surface area contributed by atoms with Crippen LogP contribution in [0.15, 0.2) is 57.7 Å². The number of hydrogen-bond acceptors (Lipinski definition) is 4. The summed E-state index contributed by atoms with van der Waals surface area (Å²) in [6, 6.07) is 14.9. The third-order valence-corrected chi connectivity index (χ3v) is 4.78. The van der Waals surface area contributed by atoms with Crippen LogP contribution in [0.4, 0.5) is 0 Å². The molecule has 1 atom stereocenters. The van der Waals surface area contributed by atoms with Gasteiger partial charge in [0.25, 0.3) is 0 Å². The fourth-order valence-corrected chi connectivity index (χ4v) is 3.12. The molecule has 0 amide bonds. The van der Waals surface area contributed by atoms with Gasteiger partial charge in [-0.15, -0.1) is 0 Å². The van der Waals surface area contributed by atoms with Crippen molar-refractivity contribution in [1.82, 2.24) is 0 Å². The van der Waals surface area contributed by atoms with Crippen molar-refractivity contribution in [2.75, 3.05) is 0 Å². The van der Waals surface area contributed by atoms with E-state index >= 15 is 0 Å². The largest absolute Gasteiger partial charge is 0.460 e. The van der Waals surface area contributed by atoms with E-state index in [2.05, 4.69) is 0 Å². The second-order valence-corrected chi connectivity index (χ2v) is 6.45. The van der Waals surface area contributed by atoms with E-state index in [0.29, 0.717) is 17.6 Å². The van der Waals surface area contributed by atoms with Crippen molar-refractivity contribution in [1.29, 1.82) is 0 Å². The van der Waals surface area contributed by atoms with E-state index in [1.807, 2.05) is 63.2 Å². The Morgan fingerprint density at radius 1 is 1.12 bits per heavy atom. The zero-order valence-electron chi connectivity index (χ0n) is 15.2. The van der Waals surface area contributed by atoms with Gasteiger partial charge in [-0.25, -0.2) is 4.79 Å². The average molecular weight is 350 g/mol. The molecule has 0 unspecified atom stereocenters. The maximum Gasteiger partial charge on any atom is 0.336 e. The quantitative estimate of drug-likeness (QED) is 0.496. The van der Waals surface area contributed by atoms with Crippen LogP contribution in [0, 0.1) is 13.8 Å². The van der Waals surface area contributed by atoms with Crippen molar-refractivity contribution in [3.63, 3.8) is 0 Å². The standard InChI is InChI=1S/C22H22O4/c1-4-18(16-8-6-5-7-9-16)22(24)25-13-17-12-20(23)26-21-15(3)14(2)10-11-19(17)21/h5-12,18H,4,13H2,1-3H3/t18-/m1/s1. The van der Waals surface area contributed by atoms with Gasteiger partial charge in [-0.05, 0) is 37.0 Å². The first-order valence-corrected chi connectivity index (χ1v) is 8.75. The highest BCUT2D eigenvalue weighted by atomic mass is 16.5. The molecule has 0 spiro atoms. The van der Waals surface area contributed by atoms with Crippen LogP contribution in [0.5, 0.6) is 0 Å². The average Bonchev–Trinajstić information content (AvgIpc) is 2.64. The summed E-state index contributed by atoms with van der Waals surface area (Å²) in [6.07, 6.45) is 0.652. The van der Waals surface area contributed by atoms with Gasteiger partial charge in [-0.1, -0.05) is 49.4 Å². The molecule has 0 bridgehead atoms. The molecule has 3 aromatic rings. The Kier molecular flexibility index (Phi) is 5.21. The minimum absolute atomic E-state index is 0.0484. The summed E-state index contributed by atoms with van der Waals surface area (Å²) >= 11 is 0. The molecule has 26 heavy (non-hydrogen) atoms. The number of fused-ring (bicyclic) bond motifs is 1. The van der Waals surface area contributed by atoms with Gasteiger partial charge in [0.2, 0.25) is 0 Å². The maximum atomic E-state index is 12.6.